The van der Waals surface area contributed by atoms with Crippen LogP contribution in [0, 0.1) is 0 Å². The average molecular weight is 240 g/mol. The van der Waals surface area contributed by atoms with Crippen LogP contribution >= 0.6 is 0 Å². The Kier molecular flexibility index (Phi) is 4.90. The van der Waals surface area contributed by atoms with E-state index in [1.807, 2.05) is 0 Å². The second-order valence-electron chi connectivity index (χ2n) is 3.82. The van der Waals surface area contributed by atoms with Crippen LogP contribution in [0.15, 0.2) is 24.3 Å². The molecule has 0 N–H and O–H groups in total. The van der Waals surface area contributed by atoms with E-state index in [9.17, 15) is 9.59 Å². The van der Waals surface area contributed by atoms with Gasteiger partial charge in [0.1, 0.15) is 13.2 Å². The summed E-state index contributed by atoms with van der Waals surface area (Å²) in [6.07, 6.45) is 0.598. The van der Waals surface area contributed by atoms with Crippen molar-refractivity contribution < 1.29 is 23.8 Å². The van der Waals surface area contributed by atoms with Gasteiger partial charge in [0.2, 0.25) is 0 Å². The number of esters is 2. The molecule has 0 aromatic carbocycles. The lowest BCUT2D eigenvalue weighted by Crippen LogP contribution is -2.15. The molecule has 17 heavy (non-hydrogen) atoms. The van der Waals surface area contributed by atoms with Gasteiger partial charge in [0.15, 0.2) is 0 Å². The summed E-state index contributed by atoms with van der Waals surface area (Å²) < 4.78 is 14.6. The summed E-state index contributed by atoms with van der Waals surface area (Å²) in [5.74, 6) is -0.974. The molecule has 94 valence electrons. The van der Waals surface area contributed by atoms with Crippen molar-refractivity contribution in [3.05, 3.63) is 24.3 Å². The maximum atomic E-state index is 11.3. The zero-order chi connectivity index (χ0) is 12.8. The number of hydrogen-bond acceptors (Lipinski definition) is 5. The smallest absolute Gasteiger partial charge is 0.333 e. The van der Waals surface area contributed by atoms with Gasteiger partial charge in [0, 0.05) is 17.6 Å². The number of carbonyl (C=O) groups excluding carboxylic acids is 2. The van der Waals surface area contributed by atoms with Gasteiger partial charge in [-0.15, -0.1) is 0 Å². The lowest BCUT2D eigenvalue weighted by Gasteiger charge is -2.07. The standard InChI is InChI=1S/C12H16O5/c1-8(2)11(13)15-4-5-16-12(14)9(3)6-10-7-17-10/h10H,1,3-7H2,2H3. The van der Waals surface area contributed by atoms with Gasteiger partial charge in [-0.25, -0.2) is 9.59 Å². The first-order valence-corrected chi connectivity index (χ1v) is 5.30. The highest BCUT2D eigenvalue weighted by Gasteiger charge is 2.25. The third-order valence-corrected chi connectivity index (χ3v) is 2.06. The normalized spacial score (nSPS) is 17.1. The summed E-state index contributed by atoms with van der Waals surface area (Å²) in [6.45, 7) is 9.28. The largest absolute Gasteiger partial charge is 0.459 e. The fraction of sp³-hybridized carbons (Fsp3) is 0.500. The van der Waals surface area contributed by atoms with Gasteiger partial charge in [-0.2, -0.15) is 0 Å². The molecule has 0 amide bonds. The van der Waals surface area contributed by atoms with E-state index in [0.717, 1.165) is 0 Å². The Hall–Kier alpha value is -1.62. The first-order chi connectivity index (χ1) is 8.00. The Bertz CT molecular complexity index is 341. The summed E-state index contributed by atoms with van der Waals surface area (Å²) in [4.78, 5) is 22.3. The minimum Gasteiger partial charge on any atom is -0.459 e. The van der Waals surface area contributed by atoms with Crippen LogP contribution in [-0.2, 0) is 23.8 Å². The monoisotopic (exact) mass is 240 g/mol. The van der Waals surface area contributed by atoms with E-state index in [0.29, 0.717) is 24.2 Å². The zero-order valence-corrected chi connectivity index (χ0v) is 9.86. The Morgan fingerprint density at radius 1 is 1.24 bits per heavy atom. The van der Waals surface area contributed by atoms with Crippen LogP contribution in [0.3, 0.4) is 0 Å². The van der Waals surface area contributed by atoms with Crippen LogP contribution < -0.4 is 0 Å². The minimum atomic E-state index is -0.494. The van der Waals surface area contributed by atoms with Gasteiger partial charge in [-0.3, -0.25) is 0 Å². The SMILES string of the molecule is C=C(C)C(=O)OCCOC(=O)C(=C)CC1CO1. The highest BCUT2D eigenvalue weighted by molar-refractivity contribution is 5.88. The fourth-order valence-corrected chi connectivity index (χ4v) is 1.04. The van der Waals surface area contributed by atoms with Crippen molar-refractivity contribution in [2.24, 2.45) is 0 Å². The molecule has 1 saturated heterocycles. The number of carbonyl (C=O) groups is 2. The van der Waals surface area contributed by atoms with Gasteiger partial charge in [-0.05, 0) is 6.92 Å². The van der Waals surface area contributed by atoms with Crippen LogP contribution in [-0.4, -0.2) is 37.9 Å². The van der Waals surface area contributed by atoms with Crippen molar-refractivity contribution in [1.29, 1.82) is 0 Å². The zero-order valence-electron chi connectivity index (χ0n) is 9.86. The molecule has 1 unspecified atom stereocenters. The van der Waals surface area contributed by atoms with Crippen molar-refractivity contribution in [1.82, 2.24) is 0 Å². The topological polar surface area (TPSA) is 65.1 Å². The third kappa shape index (κ3) is 5.31. The van der Waals surface area contributed by atoms with Crippen molar-refractivity contribution in [2.75, 3.05) is 19.8 Å². The maximum Gasteiger partial charge on any atom is 0.333 e. The van der Waals surface area contributed by atoms with Crippen LogP contribution in [0.5, 0.6) is 0 Å². The Morgan fingerprint density at radius 3 is 2.24 bits per heavy atom. The molecule has 0 radical (unpaired) electrons. The van der Waals surface area contributed by atoms with Gasteiger partial charge < -0.3 is 14.2 Å². The highest BCUT2D eigenvalue weighted by Crippen LogP contribution is 2.18. The van der Waals surface area contributed by atoms with Crippen LogP contribution in [0.1, 0.15) is 13.3 Å². The van der Waals surface area contributed by atoms with Gasteiger partial charge in [-0.1, -0.05) is 13.2 Å². The van der Waals surface area contributed by atoms with Gasteiger partial charge in [0.05, 0.1) is 12.7 Å². The molecule has 0 aliphatic carbocycles. The number of epoxide rings is 1. The summed E-state index contributed by atoms with van der Waals surface area (Å²) in [5.41, 5.74) is 0.686. The molecule has 1 heterocycles. The molecule has 5 heteroatoms. The second-order valence-corrected chi connectivity index (χ2v) is 3.82. The van der Waals surface area contributed by atoms with E-state index in [1.54, 1.807) is 6.92 Å². The molecule has 0 saturated carbocycles. The molecule has 0 aromatic rings. The maximum absolute atomic E-state index is 11.3. The molecular formula is C12H16O5. The molecule has 1 rings (SSSR count). The predicted octanol–water partition coefficient (Wildman–Crippen LogP) is 0.994. The first kappa shape index (κ1) is 13.4. The quantitative estimate of drug-likeness (QED) is 0.287. The third-order valence-electron chi connectivity index (χ3n) is 2.06. The number of ether oxygens (including phenoxy) is 3. The lowest BCUT2D eigenvalue weighted by atomic mass is 10.2. The van der Waals surface area contributed by atoms with E-state index < -0.39 is 11.9 Å². The summed E-state index contributed by atoms with van der Waals surface area (Å²) in [5, 5.41) is 0. The molecule has 1 aliphatic rings. The average Bonchev–Trinajstić information content (AvgIpc) is 3.07. The second kappa shape index (κ2) is 6.20. The van der Waals surface area contributed by atoms with Crippen molar-refractivity contribution >= 4 is 11.9 Å². The van der Waals surface area contributed by atoms with E-state index >= 15 is 0 Å². The Balaban J connectivity index is 2.08. The molecule has 0 spiro atoms. The van der Waals surface area contributed by atoms with Crippen molar-refractivity contribution in [2.45, 2.75) is 19.4 Å². The van der Waals surface area contributed by atoms with E-state index in [1.165, 1.54) is 0 Å². The molecular weight excluding hydrogens is 224 g/mol. The van der Waals surface area contributed by atoms with Crippen LogP contribution in [0.25, 0.3) is 0 Å². The molecule has 1 atom stereocenters. The highest BCUT2D eigenvalue weighted by atomic mass is 16.6. The molecule has 0 bridgehead atoms. The molecule has 5 nitrogen and oxygen atoms in total. The van der Waals surface area contributed by atoms with Crippen molar-refractivity contribution in [3.8, 4) is 0 Å². The Labute approximate surface area is 100 Å². The van der Waals surface area contributed by atoms with E-state index in [4.69, 9.17) is 14.2 Å². The molecule has 1 aliphatic heterocycles. The number of hydrogen-bond donors (Lipinski definition) is 0. The predicted molar refractivity (Wildman–Crippen MR) is 60.2 cm³/mol. The van der Waals surface area contributed by atoms with Crippen LogP contribution in [0.2, 0.25) is 0 Å². The lowest BCUT2D eigenvalue weighted by molar-refractivity contribution is -0.147. The summed E-state index contributed by atoms with van der Waals surface area (Å²) >= 11 is 0. The number of rotatable bonds is 7. The summed E-state index contributed by atoms with van der Waals surface area (Å²) in [7, 11) is 0. The van der Waals surface area contributed by atoms with Gasteiger partial charge in [0.25, 0.3) is 0 Å². The summed E-state index contributed by atoms with van der Waals surface area (Å²) in [6, 6.07) is 0. The minimum absolute atomic E-state index is 0.0163. The van der Waals surface area contributed by atoms with Crippen molar-refractivity contribution in [3.63, 3.8) is 0 Å². The fourth-order valence-electron chi connectivity index (χ4n) is 1.04. The Morgan fingerprint density at radius 2 is 1.76 bits per heavy atom. The van der Waals surface area contributed by atoms with E-state index in [-0.39, 0.29) is 19.3 Å². The van der Waals surface area contributed by atoms with Gasteiger partial charge >= 0.3 is 11.9 Å². The van der Waals surface area contributed by atoms with E-state index in [2.05, 4.69) is 13.2 Å². The first-order valence-electron chi connectivity index (χ1n) is 5.30. The van der Waals surface area contributed by atoms with Crippen LogP contribution in [0.4, 0.5) is 0 Å². The molecule has 0 aromatic heterocycles. The molecule has 1 fully saturated rings.